The predicted molar refractivity (Wildman–Crippen MR) is 90.3 cm³/mol. The fraction of sp³-hybridized carbons (Fsp3) is 0.556. The van der Waals surface area contributed by atoms with Gasteiger partial charge >= 0.3 is 0 Å². The van der Waals surface area contributed by atoms with Crippen LogP contribution in [0.25, 0.3) is 0 Å². The average molecular weight is 332 g/mol. The number of methoxy groups -OCH3 is 2. The van der Waals surface area contributed by atoms with E-state index in [4.69, 9.17) is 9.47 Å². The number of benzene rings is 1. The molecular formula is C18H24N2O4. The van der Waals surface area contributed by atoms with Gasteiger partial charge in [-0.15, -0.1) is 0 Å². The van der Waals surface area contributed by atoms with Gasteiger partial charge in [0.1, 0.15) is 11.5 Å². The van der Waals surface area contributed by atoms with Crippen LogP contribution in [0.1, 0.15) is 32.1 Å². The van der Waals surface area contributed by atoms with Gasteiger partial charge in [0.25, 0.3) is 0 Å². The summed E-state index contributed by atoms with van der Waals surface area (Å²) < 4.78 is 10.5. The van der Waals surface area contributed by atoms with Crippen molar-refractivity contribution in [2.75, 3.05) is 26.1 Å². The molecule has 0 bridgehead atoms. The summed E-state index contributed by atoms with van der Waals surface area (Å²) in [5.74, 6) is 0.853. The summed E-state index contributed by atoms with van der Waals surface area (Å²) in [4.78, 5) is 26.8. The highest BCUT2D eigenvalue weighted by Gasteiger charge is 2.38. The second kappa shape index (κ2) is 7.11. The summed E-state index contributed by atoms with van der Waals surface area (Å²) in [7, 11) is 3.13. The van der Waals surface area contributed by atoms with Crippen LogP contribution < -0.4 is 14.8 Å². The number of hydrogen-bond donors (Lipinski definition) is 1. The molecule has 1 aromatic carbocycles. The minimum atomic E-state index is -0.311. The van der Waals surface area contributed by atoms with Gasteiger partial charge in [-0.05, 0) is 25.0 Å². The van der Waals surface area contributed by atoms with Gasteiger partial charge in [0.05, 0.1) is 25.8 Å². The smallest absolute Gasteiger partial charge is 0.229 e. The van der Waals surface area contributed by atoms with Crippen LogP contribution in [0.5, 0.6) is 11.5 Å². The third kappa shape index (κ3) is 3.32. The highest BCUT2D eigenvalue weighted by molar-refractivity contribution is 5.98. The SMILES string of the molecule is COc1ccc(OC)c(NC(=O)C2CC(=O)N(C3CCCC3)C2)c1. The molecule has 2 aliphatic rings. The van der Waals surface area contributed by atoms with E-state index in [0.717, 1.165) is 12.8 Å². The number of anilines is 1. The molecule has 1 unspecified atom stereocenters. The normalized spacial score (nSPS) is 21.2. The molecule has 130 valence electrons. The van der Waals surface area contributed by atoms with Crippen molar-refractivity contribution in [3.05, 3.63) is 18.2 Å². The van der Waals surface area contributed by atoms with Crippen molar-refractivity contribution in [1.82, 2.24) is 4.90 Å². The first-order chi connectivity index (χ1) is 11.6. The van der Waals surface area contributed by atoms with E-state index in [-0.39, 0.29) is 24.2 Å². The van der Waals surface area contributed by atoms with E-state index in [2.05, 4.69) is 5.32 Å². The van der Waals surface area contributed by atoms with Gasteiger partial charge in [0.15, 0.2) is 0 Å². The standard InChI is InChI=1S/C18H24N2O4/c1-23-14-7-8-16(24-2)15(10-14)19-18(22)12-9-17(21)20(11-12)13-5-3-4-6-13/h7-8,10,12-13H,3-6,9,11H2,1-2H3,(H,19,22). The fourth-order valence-electron chi connectivity index (χ4n) is 3.62. The highest BCUT2D eigenvalue weighted by Crippen LogP contribution is 2.32. The number of carbonyl (C=O) groups excluding carboxylic acids is 2. The topological polar surface area (TPSA) is 67.9 Å². The molecule has 0 radical (unpaired) electrons. The first kappa shape index (κ1) is 16.6. The summed E-state index contributed by atoms with van der Waals surface area (Å²) in [6.07, 6.45) is 4.75. The maximum atomic E-state index is 12.6. The number of nitrogens with zero attached hydrogens (tertiary/aromatic N) is 1. The molecule has 0 aromatic heterocycles. The van der Waals surface area contributed by atoms with Gasteiger partial charge in [-0.3, -0.25) is 9.59 Å². The molecule has 1 N–H and O–H groups in total. The Morgan fingerprint density at radius 2 is 1.96 bits per heavy atom. The van der Waals surface area contributed by atoms with Crippen molar-refractivity contribution >= 4 is 17.5 Å². The molecule has 1 atom stereocenters. The lowest BCUT2D eigenvalue weighted by atomic mass is 10.1. The molecule has 2 fully saturated rings. The van der Waals surface area contributed by atoms with Crippen molar-refractivity contribution in [2.45, 2.75) is 38.1 Å². The van der Waals surface area contributed by atoms with Crippen molar-refractivity contribution in [3.63, 3.8) is 0 Å². The lowest BCUT2D eigenvalue weighted by Crippen LogP contribution is -2.35. The summed E-state index contributed by atoms with van der Waals surface area (Å²) in [6.45, 7) is 0.515. The Bertz CT molecular complexity index is 625. The number of nitrogens with one attached hydrogen (secondary N) is 1. The van der Waals surface area contributed by atoms with Gasteiger partial charge < -0.3 is 19.7 Å². The lowest BCUT2D eigenvalue weighted by molar-refractivity contribution is -0.129. The Hall–Kier alpha value is -2.24. The summed E-state index contributed by atoms with van der Waals surface area (Å²) in [6, 6.07) is 5.57. The largest absolute Gasteiger partial charge is 0.497 e. The van der Waals surface area contributed by atoms with Crippen molar-refractivity contribution < 1.29 is 19.1 Å². The van der Waals surface area contributed by atoms with E-state index in [1.54, 1.807) is 32.4 Å². The Morgan fingerprint density at radius 1 is 1.21 bits per heavy atom. The maximum absolute atomic E-state index is 12.6. The van der Waals surface area contributed by atoms with Crippen LogP contribution in [0.3, 0.4) is 0 Å². The number of amides is 2. The summed E-state index contributed by atoms with van der Waals surface area (Å²) in [5.41, 5.74) is 0.564. The minimum Gasteiger partial charge on any atom is -0.497 e. The van der Waals surface area contributed by atoms with Crippen LogP contribution in [0.2, 0.25) is 0 Å². The average Bonchev–Trinajstić information content (AvgIpc) is 3.24. The molecule has 24 heavy (non-hydrogen) atoms. The minimum absolute atomic E-state index is 0.0969. The molecule has 1 saturated carbocycles. The van der Waals surface area contributed by atoms with Crippen LogP contribution in [0, 0.1) is 5.92 Å². The number of hydrogen-bond acceptors (Lipinski definition) is 4. The van der Waals surface area contributed by atoms with Crippen molar-refractivity contribution in [1.29, 1.82) is 0 Å². The highest BCUT2D eigenvalue weighted by atomic mass is 16.5. The van der Waals surface area contributed by atoms with Crippen LogP contribution >= 0.6 is 0 Å². The molecule has 6 heteroatoms. The fourth-order valence-corrected chi connectivity index (χ4v) is 3.62. The van der Waals surface area contributed by atoms with Crippen LogP contribution in [0.15, 0.2) is 18.2 Å². The first-order valence-electron chi connectivity index (χ1n) is 8.44. The zero-order valence-corrected chi connectivity index (χ0v) is 14.2. The van der Waals surface area contributed by atoms with Crippen LogP contribution in [-0.4, -0.2) is 43.5 Å². The Balaban J connectivity index is 1.68. The zero-order chi connectivity index (χ0) is 17.1. The molecule has 6 nitrogen and oxygen atoms in total. The van der Waals surface area contributed by atoms with E-state index < -0.39 is 0 Å². The monoisotopic (exact) mass is 332 g/mol. The van der Waals surface area contributed by atoms with E-state index in [1.165, 1.54) is 12.8 Å². The third-order valence-electron chi connectivity index (χ3n) is 4.96. The second-order valence-corrected chi connectivity index (χ2v) is 6.44. The van der Waals surface area contributed by atoms with Gasteiger partial charge in [-0.2, -0.15) is 0 Å². The van der Waals surface area contributed by atoms with Crippen molar-refractivity contribution in [3.8, 4) is 11.5 Å². The van der Waals surface area contributed by atoms with E-state index in [9.17, 15) is 9.59 Å². The van der Waals surface area contributed by atoms with E-state index >= 15 is 0 Å². The second-order valence-electron chi connectivity index (χ2n) is 6.44. The Labute approximate surface area is 142 Å². The Kier molecular flexibility index (Phi) is 4.92. The molecule has 3 rings (SSSR count). The maximum Gasteiger partial charge on any atom is 0.229 e. The Morgan fingerprint density at radius 3 is 2.62 bits per heavy atom. The van der Waals surface area contributed by atoms with Crippen LogP contribution in [0.4, 0.5) is 5.69 Å². The van der Waals surface area contributed by atoms with Gasteiger partial charge in [-0.1, -0.05) is 12.8 Å². The molecule has 1 aromatic rings. The molecule has 2 amide bonds. The zero-order valence-electron chi connectivity index (χ0n) is 14.2. The lowest BCUT2D eigenvalue weighted by Gasteiger charge is -2.24. The third-order valence-corrected chi connectivity index (χ3v) is 4.96. The molecule has 1 aliphatic carbocycles. The van der Waals surface area contributed by atoms with Crippen LogP contribution in [-0.2, 0) is 9.59 Å². The number of ether oxygens (including phenoxy) is 2. The molecule has 1 saturated heterocycles. The van der Waals surface area contributed by atoms with Gasteiger partial charge in [0, 0.05) is 25.1 Å². The first-order valence-corrected chi connectivity index (χ1v) is 8.44. The van der Waals surface area contributed by atoms with E-state index in [0.29, 0.717) is 29.8 Å². The summed E-state index contributed by atoms with van der Waals surface area (Å²) in [5, 5.41) is 2.89. The van der Waals surface area contributed by atoms with Gasteiger partial charge in [-0.25, -0.2) is 0 Å². The molecule has 0 spiro atoms. The molecule has 1 heterocycles. The summed E-state index contributed by atoms with van der Waals surface area (Å²) >= 11 is 0. The predicted octanol–water partition coefficient (Wildman–Crippen LogP) is 2.43. The van der Waals surface area contributed by atoms with Crippen molar-refractivity contribution in [2.24, 2.45) is 5.92 Å². The molecule has 1 aliphatic heterocycles. The van der Waals surface area contributed by atoms with Gasteiger partial charge in [0.2, 0.25) is 11.8 Å². The number of rotatable bonds is 5. The molecular weight excluding hydrogens is 308 g/mol. The number of carbonyl (C=O) groups is 2. The van der Waals surface area contributed by atoms with E-state index in [1.807, 2.05) is 4.90 Å². The quantitative estimate of drug-likeness (QED) is 0.899. The number of likely N-dealkylation sites (tertiary alicyclic amines) is 1.